The molecular formula is C19H33N2O2Si. The van der Waals surface area contributed by atoms with Crippen molar-refractivity contribution in [1.29, 1.82) is 0 Å². The molecule has 1 saturated heterocycles. The molecule has 0 saturated carbocycles. The van der Waals surface area contributed by atoms with Crippen LogP contribution in [0.15, 0.2) is 18.2 Å². The Kier molecular flexibility index (Phi) is 7.41. The number of morpholine rings is 1. The van der Waals surface area contributed by atoms with E-state index in [0.717, 1.165) is 51.4 Å². The van der Waals surface area contributed by atoms with Crippen LogP contribution >= 0.6 is 0 Å². The molecule has 0 aliphatic carbocycles. The van der Waals surface area contributed by atoms with Crippen molar-refractivity contribution in [1.82, 2.24) is 9.88 Å². The zero-order valence-corrected chi connectivity index (χ0v) is 17.0. The van der Waals surface area contributed by atoms with Gasteiger partial charge in [-0.05, 0) is 50.0 Å². The van der Waals surface area contributed by atoms with Crippen LogP contribution in [0.2, 0.25) is 13.1 Å². The van der Waals surface area contributed by atoms with Gasteiger partial charge in [0.2, 0.25) is 9.04 Å². The van der Waals surface area contributed by atoms with E-state index >= 15 is 0 Å². The highest BCUT2D eigenvalue weighted by molar-refractivity contribution is 6.48. The molecule has 1 atom stereocenters. The lowest BCUT2D eigenvalue weighted by Gasteiger charge is -2.32. The van der Waals surface area contributed by atoms with Crippen molar-refractivity contribution >= 4 is 9.04 Å². The third-order valence-electron chi connectivity index (χ3n) is 4.25. The molecule has 1 aliphatic rings. The molecule has 1 unspecified atom stereocenters. The normalized spacial score (nSPS) is 18.1. The number of hydrogen-bond donors (Lipinski definition) is 0. The Morgan fingerprint density at radius 3 is 2.58 bits per heavy atom. The van der Waals surface area contributed by atoms with E-state index in [2.05, 4.69) is 57.0 Å². The maximum absolute atomic E-state index is 6.27. The molecular weight excluding hydrogens is 316 g/mol. The average molecular weight is 350 g/mol. The van der Waals surface area contributed by atoms with Gasteiger partial charge in [0.05, 0.1) is 25.0 Å². The molecule has 0 N–H and O–H groups in total. The molecule has 0 bridgehead atoms. The van der Waals surface area contributed by atoms with E-state index < -0.39 is 9.04 Å². The van der Waals surface area contributed by atoms with Gasteiger partial charge in [0.25, 0.3) is 0 Å². The highest BCUT2D eigenvalue weighted by atomic mass is 28.3. The van der Waals surface area contributed by atoms with Crippen LogP contribution in [-0.2, 0) is 15.6 Å². The molecule has 4 nitrogen and oxygen atoms in total. The van der Waals surface area contributed by atoms with E-state index in [1.54, 1.807) is 0 Å². The van der Waals surface area contributed by atoms with Crippen molar-refractivity contribution in [2.75, 3.05) is 32.8 Å². The molecule has 0 aromatic carbocycles. The molecule has 0 spiro atoms. The Bertz CT molecular complexity index is 496. The molecule has 1 fully saturated rings. The number of ether oxygens (including phenoxy) is 1. The maximum atomic E-state index is 6.27. The van der Waals surface area contributed by atoms with Crippen molar-refractivity contribution < 1.29 is 9.16 Å². The van der Waals surface area contributed by atoms with Crippen LogP contribution in [0.25, 0.3) is 0 Å². The van der Waals surface area contributed by atoms with Gasteiger partial charge in [-0.15, -0.1) is 0 Å². The van der Waals surface area contributed by atoms with E-state index in [1.165, 1.54) is 5.69 Å². The second-order valence-electron chi connectivity index (χ2n) is 7.88. The minimum Gasteiger partial charge on any atom is -0.408 e. The van der Waals surface area contributed by atoms with Crippen LogP contribution in [0.3, 0.4) is 0 Å². The summed E-state index contributed by atoms with van der Waals surface area (Å²) < 4.78 is 11.7. The van der Waals surface area contributed by atoms with Gasteiger partial charge in [0.1, 0.15) is 0 Å². The van der Waals surface area contributed by atoms with Crippen molar-refractivity contribution in [3.8, 4) is 0 Å². The van der Waals surface area contributed by atoms with E-state index in [0.29, 0.717) is 0 Å². The molecule has 1 radical (unpaired) electrons. The smallest absolute Gasteiger partial charge is 0.205 e. The number of aryl methyl sites for hydroxylation is 1. The number of aromatic nitrogens is 1. The van der Waals surface area contributed by atoms with Gasteiger partial charge >= 0.3 is 0 Å². The fraction of sp³-hybridized carbons (Fsp3) is 0.737. The molecule has 1 aromatic heterocycles. The number of pyridine rings is 1. The summed E-state index contributed by atoms with van der Waals surface area (Å²) in [7, 11) is -0.765. The quantitative estimate of drug-likeness (QED) is 0.703. The first-order valence-corrected chi connectivity index (χ1v) is 11.5. The van der Waals surface area contributed by atoms with Crippen LogP contribution < -0.4 is 0 Å². The predicted molar refractivity (Wildman–Crippen MR) is 101 cm³/mol. The minimum atomic E-state index is -0.765. The van der Waals surface area contributed by atoms with Gasteiger partial charge < -0.3 is 9.16 Å². The zero-order valence-electron chi connectivity index (χ0n) is 16.0. The summed E-state index contributed by atoms with van der Waals surface area (Å²) in [6.45, 7) is 16.1. The van der Waals surface area contributed by atoms with Crippen molar-refractivity contribution in [3.05, 3.63) is 29.6 Å². The van der Waals surface area contributed by atoms with Gasteiger partial charge in [0, 0.05) is 18.8 Å². The molecule has 0 amide bonds. The van der Waals surface area contributed by atoms with Crippen LogP contribution in [0, 0.1) is 5.41 Å². The lowest BCUT2D eigenvalue weighted by atomic mass is 9.87. The highest BCUT2D eigenvalue weighted by Gasteiger charge is 2.29. The van der Waals surface area contributed by atoms with E-state index in [4.69, 9.17) is 14.1 Å². The van der Waals surface area contributed by atoms with E-state index in [1.807, 2.05) is 0 Å². The Morgan fingerprint density at radius 1 is 1.25 bits per heavy atom. The fourth-order valence-electron chi connectivity index (χ4n) is 3.01. The number of hydrogen-bond acceptors (Lipinski definition) is 4. The summed E-state index contributed by atoms with van der Waals surface area (Å²) in [6.07, 6.45) is 2.24. The lowest BCUT2D eigenvalue weighted by Crippen LogP contribution is -2.37. The molecule has 1 aromatic rings. The standard InChI is InChI=1S/C19H33N2O2Si/c1-19(2,3)18(23-24(4)5)17-10-6-8-16(20-17)9-7-11-21-12-14-22-15-13-21/h6,8,10,18H,7,9,11-15H2,1-5H3. The largest absolute Gasteiger partial charge is 0.408 e. The Labute approximate surface area is 149 Å². The van der Waals surface area contributed by atoms with Crippen LogP contribution in [-0.4, -0.2) is 51.8 Å². The number of rotatable bonds is 7. The summed E-state index contributed by atoms with van der Waals surface area (Å²) in [5, 5.41) is 0. The van der Waals surface area contributed by atoms with Crippen LogP contribution in [0.5, 0.6) is 0 Å². The van der Waals surface area contributed by atoms with Gasteiger partial charge in [-0.2, -0.15) is 0 Å². The van der Waals surface area contributed by atoms with Crippen molar-refractivity contribution in [2.24, 2.45) is 5.41 Å². The first-order valence-electron chi connectivity index (χ1n) is 9.09. The van der Waals surface area contributed by atoms with E-state index in [-0.39, 0.29) is 11.5 Å². The van der Waals surface area contributed by atoms with Crippen molar-refractivity contribution in [3.63, 3.8) is 0 Å². The Balaban J connectivity index is 1.96. The monoisotopic (exact) mass is 349 g/mol. The maximum Gasteiger partial charge on any atom is 0.205 e. The summed E-state index contributed by atoms with van der Waals surface area (Å²) in [6, 6.07) is 6.39. The number of nitrogens with zero attached hydrogens (tertiary/aromatic N) is 2. The third kappa shape index (κ3) is 6.28. The third-order valence-corrected chi connectivity index (χ3v) is 4.96. The first kappa shape index (κ1) is 19.6. The molecule has 24 heavy (non-hydrogen) atoms. The predicted octanol–water partition coefficient (Wildman–Crippen LogP) is 3.70. The molecule has 1 aliphatic heterocycles. The Morgan fingerprint density at radius 2 is 1.96 bits per heavy atom. The first-order chi connectivity index (χ1) is 11.4. The second kappa shape index (κ2) is 9.09. The molecule has 2 heterocycles. The fourth-order valence-corrected chi connectivity index (χ4v) is 3.95. The highest BCUT2D eigenvalue weighted by Crippen LogP contribution is 2.35. The zero-order chi connectivity index (χ0) is 17.6. The van der Waals surface area contributed by atoms with Crippen molar-refractivity contribution in [2.45, 2.75) is 52.8 Å². The minimum absolute atomic E-state index is 0.0569. The van der Waals surface area contributed by atoms with Gasteiger partial charge in [-0.1, -0.05) is 26.8 Å². The topological polar surface area (TPSA) is 34.6 Å². The molecule has 5 heteroatoms. The van der Waals surface area contributed by atoms with Gasteiger partial charge in [-0.3, -0.25) is 9.88 Å². The van der Waals surface area contributed by atoms with E-state index in [9.17, 15) is 0 Å². The summed E-state index contributed by atoms with van der Waals surface area (Å²) in [5.74, 6) is 0. The second-order valence-corrected chi connectivity index (χ2v) is 9.94. The summed E-state index contributed by atoms with van der Waals surface area (Å²) in [4.78, 5) is 7.41. The Hall–Kier alpha value is -0.753. The van der Waals surface area contributed by atoms with Crippen LogP contribution in [0.1, 0.15) is 44.7 Å². The SMILES string of the molecule is C[Si](C)OC(c1cccc(CCCN2CCOCC2)n1)C(C)(C)C. The van der Waals surface area contributed by atoms with Gasteiger partial charge in [0.15, 0.2) is 0 Å². The molecule has 135 valence electrons. The van der Waals surface area contributed by atoms with Gasteiger partial charge in [-0.25, -0.2) is 0 Å². The summed E-state index contributed by atoms with van der Waals surface area (Å²) >= 11 is 0. The average Bonchev–Trinajstić information content (AvgIpc) is 2.53. The lowest BCUT2D eigenvalue weighted by molar-refractivity contribution is 0.0374. The van der Waals surface area contributed by atoms with Crippen LogP contribution in [0.4, 0.5) is 0 Å². The summed E-state index contributed by atoms with van der Waals surface area (Å²) in [5.41, 5.74) is 2.32. The molecule has 2 rings (SSSR count).